The van der Waals surface area contributed by atoms with Crippen LogP contribution >= 0.6 is 0 Å². The van der Waals surface area contributed by atoms with Crippen LogP contribution in [0.2, 0.25) is 0 Å². The molecule has 1 aliphatic heterocycles. The van der Waals surface area contributed by atoms with Crippen LogP contribution in [-0.2, 0) is 47.2 Å². The fourth-order valence-corrected chi connectivity index (χ4v) is 8.75. The summed E-state index contributed by atoms with van der Waals surface area (Å²) in [4.78, 5) is 73.9. The van der Waals surface area contributed by atoms with Gasteiger partial charge < -0.3 is 43.4 Å². The molecule has 2 amide bonds. The number of benzene rings is 8. The standard InChI is InChI=1S/C66H60N2O12/c1-66(2,3)80-65(73)68-38-54(67-62(70)50-32-34-52(35-33-50)74-40-45-20-9-4-10-21-45)58(39-68)79-63(71)51-36-56(76-42-47-24-13-6-14-25-47)60(57(37-51)77-43-48-26-15-7-16-27-48)61(69)59-53(64(72)78-44-49-28-17-8-18-29-49)30-19-31-55(59)75-41-46-22-11-5-12-23-46/h4-37,54,58H,38-44H2,1-3H3,(H,67,70)/t54-,58-/m1/s1. The van der Waals surface area contributed by atoms with Gasteiger partial charge in [-0.1, -0.05) is 158 Å². The van der Waals surface area contributed by atoms with Gasteiger partial charge in [-0.3, -0.25) is 9.59 Å². The Kier molecular flexibility index (Phi) is 18.0. The van der Waals surface area contributed by atoms with Crippen LogP contribution in [0.3, 0.4) is 0 Å². The number of amides is 2. The lowest BCUT2D eigenvalue weighted by atomic mass is 9.94. The second-order valence-corrected chi connectivity index (χ2v) is 19.9. The van der Waals surface area contributed by atoms with E-state index < -0.39 is 47.5 Å². The topological polar surface area (TPSA) is 165 Å². The molecular weight excluding hydrogens is 1010 g/mol. The van der Waals surface area contributed by atoms with E-state index in [-0.39, 0.29) is 79.0 Å². The number of rotatable bonds is 21. The van der Waals surface area contributed by atoms with Crippen molar-refractivity contribution < 1.29 is 57.1 Å². The molecule has 0 radical (unpaired) electrons. The summed E-state index contributed by atoms with van der Waals surface area (Å²) in [5.41, 5.74) is 3.03. The Balaban J connectivity index is 1.08. The van der Waals surface area contributed by atoms with E-state index in [4.69, 9.17) is 33.2 Å². The van der Waals surface area contributed by atoms with Crippen molar-refractivity contribution in [3.8, 4) is 23.0 Å². The van der Waals surface area contributed by atoms with Crippen LogP contribution in [0.25, 0.3) is 0 Å². The van der Waals surface area contributed by atoms with E-state index in [1.165, 1.54) is 23.1 Å². The number of hydrogen-bond donors (Lipinski definition) is 1. The number of hydrogen-bond acceptors (Lipinski definition) is 12. The Hall–Kier alpha value is -9.69. The van der Waals surface area contributed by atoms with Crippen LogP contribution in [0.15, 0.2) is 206 Å². The molecule has 1 heterocycles. The average Bonchev–Trinajstić information content (AvgIpc) is 4.03. The number of nitrogens with one attached hydrogen (secondary N) is 1. The van der Waals surface area contributed by atoms with Crippen molar-refractivity contribution in [2.24, 2.45) is 0 Å². The largest absolute Gasteiger partial charge is 0.489 e. The normalized spacial score (nSPS) is 13.8. The van der Waals surface area contributed by atoms with Gasteiger partial charge in [-0.25, -0.2) is 14.4 Å². The van der Waals surface area contributed by atoms with Gasteiger partial charge in [0.1, 0.15) is 73.3 Å². The van der Waals surface area contributed by atoms with Crippen molar-refractivity contribution in [3.63, 3.8) is 0 Å². The highest BCUT2D eigenvalue weighted by Gasteiger charge is 2.41. The van der Waals surface area contributed by atoms with E-state index >= 15 is 4.79 Å². The number of ketones is 1. The molecule has 0 bridgehead atoms. The van der Waals surface area contributed by atoms with Gasteiger partial charge in [0, 0.05) is 12.1 Å². The molecule has 2 atom stereocenters. The van der Waals surface area contributed by atoms with E-state index in [1.807, 2.05) is 152 Å². The van der Waals surface area contributed by atoms with Gasteiger partial charge in [0.05, 0.1) is 29.3 Å². The molecular formula is C66H60N2O12. The molecule has 14 heteroatoms. The zero-order valence-electron chi connectivity index (χ0n) is 44.6. The van der Waals surface area contributed by atoms with Crippen LogP contribution in [0.5, 0.6) is 23.0 Å². The first-order valence-corrected chi connectivity index (χ1v) is 26.2. The summed E-state index contributed by atoms with van der Waals surface area (Å²) in [7, 11) is 0. The van der Waals surface area contributed by atoms with Crippen molar-refractivity contribution >= 4 is 29.7 Å². The maximum absolute atomic E-state index is 15.8. The van der Waals surface area contributed by atoms with Gasteiger partial charge in [-0.05, 0) is 97.1 Å². The molecule has 0 unspecified atom stereocenters. The lowest BCUT2D eigenvalue weighted by molar-refractivity contribution is 0.0177. The maximum Gasteiger partial charge on any atom is 0.410 e. The van der Waals surface area contributed by atoms with Crippen LogP contribution in [0, 0.1) is 0 Å². The summed E-state index contributed by atoms with van der Waals surface area (Å²) >= 11 is 0. The minimum Gasteiger partial charge on any atom is -0.489 e. The van der Waals surface area contributed by atoms with Crippen LogP contribution < -0.4 is 24.3 Å². The van der Waals surface area contributed by atoms with Crippen molar-refractivity contribution in [3.05, 3.63) is 262 Å². The van der Waals surface area contributed by atoms with Crippen LogP contribution in [-0.4, -0.2) is 65.5 Å². The first-order chi connectivity index (χ1) is 38.8. The third kappa shape index (κ3) is 14.9. The fraction of sp³-hybridized carbons (Fsp3) is 0.197. The number of carbonyl (C=O) groups excluding carboxylic acids is 5. The molecule has 1 saturated heterocycles. The molecule has 406 valence electrons. The number of nitrogens with zero attached hydrogens (tertiary/aromatic N) is 1. The van der Waals surface area contributed by atoms with Gasteiger partial charge in [0.2, 0.25) is 5.78 Å². The Morgan fingerprint density at radius 1 is 0.475 bits per heavy atom. The summed E-state index contributed by atoms with van der Waals surface area (Å²) in [5, 5.41) is 2.98. The maximum atomic E-state index is 15.8. The molecule has 1 aliphatic rings. The van der Waals surface area contributed by atoms with Crippen LogP contribution in [0.1, 0.15) is 95.6 Å². The summed E-state index contributed by atoms with van der Waals surface area (Å²) in [6.07, 6.45) is -1.75. The third-order valence-electron chi connectivity index (χ3n) is 12.8. The van der Waals surface area contributed by atoms with E-state index in [9.17, 15) is 19.2 Å². The molecule has 80 heavy (non-hydrogen) atoms. The molecule has 0 saturated carbocycles. The molecule has 8 aromatic carbocycles. The molecule has 1 fully saturated rings. The highest BCUT2D eigenvalue weighted by molar-refractivity contribution is 6.19. The highest BCUT2D eigenvalue weighted by Crippen LogP contribution is 2.38. The molecule has 9 rings (SSSR count). The summed E-state index contributed by atoms with van der Waals surface area (Å²) in [5.74, 6) is -2.41. The van der Waals surface area contributed by atoms with Crippen molar-refractivity contribution in [1.29, 1.82) is 0 Å². The smallest absolute Gasteiger partial charge is 0.410 e. The Morgan fingerprint density at radius 2 is 0.938 bits per heavy atom. The third-order valence-corrected chi connectivity index (χ3v) is 12.8. The number of esters is 2. The Bertz CT molecular complexity index is 3330. The van der Waals surface area contributed by atoms with E-state index in [0.717, 1.165) is 27.8 Å². The predicted molar refractivity (Wildman–Crippen MR) is 300 cm³/mol. The fourth-order valence-electron chi connectivity index (χ4n) is 8.75. The van der Waals surface area contributed by atoms with Crippen LogP contribution in [0.4, 0.5) is 4.79 Å². The number of likely N-dealkylation sites (tertiary alicyclic amines) is 1. The Labute approximate surface area is 464 Å². The van der Waals surface area contributed by atoms with Gasteiger partial charge >= 0.3 is 18.0 Å². The molecule has 0 aromatic heterocycles. The first kappa shape index (κ1) is 55.1. The second-order valence-electron chi connectivity index (χ2n) is 19.9. The lowest BCUT2D eigenvalue weighted by Crippen LogP contribution is -2.44. The quantitative estimate of drug-likeness (QED) is 0.0412. The van der Waals surface area contributed by atoms with Gasteiger partial charge in [0.15, 0.2) is 0 Å². The molecule has 14 nitrogen and oxygen atoms in total. The van der Waals surface area contributed by atoms with E-state index in [1.54, 1.807) is 57.2 Å². The van der Waals surface area contributed by atoms with Gasteiger partial charge in [-0.15, -0.1) is 0 Å². The highest BCUT2D eigenvalue weighted by atomic mass is 16.6. The van der Waals surface area contributed by atoms with Crippen molar-refractivity contribution in [1.82, 2.24) is 10.2 Å². The first-order valence-electron chi connectivity index (χ1n) is 26.2. The summed E-state index contributed by atoms with van der Waals surface area (Å²) in [6.45, 7) is 5.23. The van der Waals surface area contributed by atoms with Crippen molar-refractivity contribution in [2.45, 2.75) is 71.6 Å². The summed E-state index contributed by atoms with van der Waals surface area (Å²) < 4.78 is 43.3. The van der Waals surface area contributed by atoms with Gasteiger partial charge in [-0.2, -0.15) is 0 Å². The van der Waals surface area contributed by atoms with E-state index in [2.05, 4.69) is 5.32 Å². The molecule has 8 aromatic rings. The minimum atomic E-state index is -1.09. The molecule has 0 spiro atoms. The summed E-state index contributed by atoms with van der Waals surface area (Å²) in [6, 6.07) is 59.9. The second kappa shape index (κ2) is 26.1. The van der Waals surface area contributed by atoms with Crippen molar-refractivity contribution in [2.75, 3.05) is 13.1 Å². The monoisotopic (exact) mass is 1070 g/mol. The van der Waals surface area contributed by atoms with E-state index in [0.29, 0.717) is 17.9 Å². The van der Waals surface area contributed by atoms with Gasteiger partial charge in [0.25, 0.3) is 5.91 Å². The number of carbonyl (C=O) groups is 5. The number of ether oxygens (including phenoxy) is 7. The zero-order chi connectivity index (χ0) is 55.8. The lowest BCUT2D eigenvalue weighted by Gasteiger charge is -2.24. The average molecular weight is 1070 g/mol. The minimum absolute atomic E-state index is 0.0492. The zero-order valence-corrected chi connectivity index (χ0v) is 44.6. The Morgan fingerprint density at radius 3 is 1.43 bits per heavy atom. The molecule has 1 N–H and O–H groups in total. The SMILES string of the molecule is CC(C)(C)OC(=O)N1C[C@@H](NC(=O)c2ccc(OCc3ccccc3)cc2)[C@H](OC(=O)c2cc(OCc3ccccc3)c(C(=O)c3c(OCc4ccccc4)cccc3C(=O)OCc3ccccc3)c(OCc3ccccc3)c2)C1. The predicted octanol–water partition coefficient (Wildman–Crippen LogP) is 12.2. The molecule has 0 aliphatic carbocycles.